The highest BCUT2D eigenvalue weighted by atomic mass is 19.1. The quantitative estimate of drug-likeness (QED) is 0.679. The number of nitro benzene ring substituents is 1. The number of piperidine rings is 1. The third-order valence-corrected chi connectivity index (χ3v) is 3.77. The third kappa shape index (κ3) is 3.98. The van der Waals surface area contributed by atoms with Gasteiger partial charge in [-0.05, 0) is 18.9 Å². The molecule has 7 heteroatoms. The number of non-ortho nitro benzene ring substituents is 1. The van der Waals surface area contributed by atoms with Gasteiger partial charge in [0.05, 0.1) is 11.0 Å². The van der Waals surface area contributed by atoms with Gasteiger partial charge in [0.2, 0.25) is 5.91 Å². The minimum absolute atomic E-state index is 0.0786. The predicted octanol–water partition coefficient (Wildman–Crippen LogP) is 1.83. The van der Waals surface area contributed by atoms with Gasteiger partial charge in [-0.1, -0.05) is 0 Å². The molecular formula is C14H18FN3O3. The minimum Gasteiger partial charge on any atom is -0.343 e. The molecule has 1 amide bonds. The van der Waals surface area contributed by atoms with E-state index in [0.29, 0.717) is 25.2 Å². The molecule has 0 atom stereocenters. The van der Waals surface area contributed by atoms with Crippen molar-refractivity contribution in [3.8, 4) is 0 Å². The molecule has 114 valence electrons. The second kappa shape index (κ2) is 6.62. The molecule has 1 saturated heterocycles. The topological polar surface area (TPSA) is 75.5 Å². The van der Waals surface area contributed by atoms with Crippen LogP contribution in [0.5, 0.6) is 0 Å². The van der Waals surface area contributed by atoms with Crippen LogP contribution in [0, 0.1) is 15.9 Å². The first-order valence-corrected chi connectivity index (χ1v) is 6.89. The van der Waals surface area contributed by atoms with Crippen molar-refractivity contribution < 1.29 is 14.1 Å². The summed E-state index contributed by atoms with van der Waals surface area (Å²) < 4.78 is 13.7. The first-order chi connectivity index (χ1) is 9.97. The molecular weight excluding hydrogens is 277 g/mol. The number of halogens is 1. The van der Waals surface area contributed by atoms with Crippen LogP contribution in [0.25, 0.3) is 0 Å². The van der Waals surface area contributed by atoms with E-state index >= 15 is 0 Å². The van der Waals surface area contributed by atoms with Crippen LogP contribution in [0.4, 0.5) is 10.1 Å². The Hall–Kier alpha value is -2.02. The Bertz CT molecular complexity index is 542. The van der Waals surface area contributed by atoms with Crippen molar-refractivity contribution in [1.82, 2.24) is 10.2 Å². The minimum atomic E-state index is -0.613. The van der Waals surface area contributed by atoms with E-state index in [0.717, 1.165) is 18.9 Å². The number of carbonyl (C=O) groups excluding carboxylic acids is 1. The molecule has 1 fully saturated rings. The summed E-state index contributed by atoms with van der Waals surface area (Å²) in [4.78, 5) is 22.9. The fourth-order valence-electron chi connectivity index (χ4n) is 2.45. The van der Waals surface area contributed by atoms with Crippen LogP contribution in [0.2, 0.25) is 0 Å². The van der Waals surface area contributed by atoms with Gasteiger partial charge in [-0.2, -0.15) is 0 Å². The lowest BCUT2D eigenvalue weighted by atomic mass is 10.0. The number of nitrogens with zero attached hydrogens (tertiary/aromatic N) is 2. The van der Waals surface area contributed by atoms with Crippen LogP contribution in [0.1, 0.15) is 25.3 Å². The Morgan fingerprint density at radius 1 is 1.48 bits per heavy atom. The number of nitrogens with one attached hydrogen (secondary N) is 1. The fourth-order valence-corrected chi connectivity index (χ4v) is 2.45. The van der Waals surface area contributed by atoms with Crippen LogP contribution in [0.3, 0.4) is 0 Å². The molecule has 1 heterocycles. The number of benzene rings is 1. The van der Waals surface area contributed by atoms with Crippen molar-refractivity contribution in [2.45, 2.75) is 32.4 Å². The summed E-state index contributed by atoms with van der Waals surface area (Å²) in [6, 6.07) is 3.91. The monoisotopic (exact) mass is 295 g/mol. The van der Waals surface area contributed by atoms with Gasteiger partial charge in [0.15, 0.2) is 0 Å². The zero-order valence-corrected chi connectivity index (χ0v) is 11.8. The lowest BCUT2D eigenvalue weighted by molar-refractivity contribution is -0.385. The molecule has 0 unspecified atom stereocenters. The highest BCUT2D eigenvalue weighted by molar-refractivity contribution is 5.73. The summed E-state index contributed by atoms with van der Waals surface area (Å²) >= 11 is 0. The number of likely N-dealkylation sites (tertiary alicyclic amines) is 1. The molecule has 0 bridgehead atoms. The van der Waals surface area contributed by atoms with Crippen molar-refractivity contribution in [1.29, 1.82) is 0 Å². The maximum atomic E-state index is 13.7. The Balaban J connectivity index is 1.87. The van der Waals surface area contributed by atoms with Gasteiger partial charge in [-0.15, -0.1) is 0 Å². The molecule has 0 spiro atoms. The standard InChI is InChI=1S/C14H18FN3O3/c1-10(19)17-6-4-12(5-7-17)16-9-11-2-3-13(18(20)21)8-14(11)15/h2-3,8,12,16H,4-7,9H2,1H3. The molecule has 6 nitrogen and oxygen atoms in total. The third-order valence-electron chi connectivity index (χ3n) is 3.77. The van der Waals surface area contributed by atoms with Crippen LogP contribution < -0.4 is 5.32 Å². The van der Waals surface area contributed by atoms with Gasteiger partial charge >= 0.3 is 0 Å². The van der Waals surface area contributed by atoms with E-state index in [4.69, 9.17) is 0 Å². The Labute approximate surface area is 122 Å². The van der Waals surface area contributed by atoms with Gasteiger partial charge in [-0.3, -0.25) is 14.9 Å². The second-order valence-corrected chi connectivity index (χ2v) is 5.19. The number of carbonyl (C=O) groups is 1. The number of nitro groups is 1. The molecule has 21 heavy (non-hydrogen) atoms. The molecule has 2 rings (SSSR count). The molecule has 0 aliphatic carbocycles. The van der Waals surface area contributed by atoms with Gasteiger partial charge in [0.1, 0.15) is 5.82 Å². The lowest BCUT2D eigenvalue weighted by Gasteiger charge is -2.31. The van der Waals surface area contributed by atoms with E-state index in [2.05, 4.69) is 5.32 Å². The highest BCUT2D eigenvalue weighted by Gasteiger charge is 2.20. The van der Waals surface area contributed by atoms with Gasteiger partial charge in [-0.25, -0.2) is 4.39 Å². The molecule has 1 aromatic carbocycles. The Morgan fingerprint density at radius 2 is 2.14 bits per heavy atom. The van der Waals surface area contributed by atoms with E-state index in [1.54, 1.807) is 11.8 Å². The Morgan fingerprint density at radius 3 is 2.67 bits per heavy atom. The molecule has 0 saturated carbocycles. The number of amides is 1. The SMILES string of the molecule is CC(=O)N1CCC(NCc2ccc([N+](=O)[O-])cc2F)CC1. The molecule has 1 aromatic rings. The van der Waals surface area contributed by atoms with Crippen molar-refractivity contribution in [3.63, 3.8) is 0 Å². The van der Waals surface area contributed by atoms with Gasteiger partial charge in [0.25, 0.3) is 5.69 Å². The summed E-state index contributed by atoms with van der Waals surface area (Å²) in [5, 5.41) is 13.8. The van der Waals surface area contributed by atoms with Crippen LogP contribution >= 0.6 is 0 Å². The largest absolute Gasteiger partial charge is 0.343 e. The summed E-state index contributed by atoms with van der Waals surface area (Å²) in [5.74, 6) is -0.493. The lowest BCUT2D eigenvalue weighted by Crippen LogP contribution is -2.44. The average Bonchev–Trinajstić information content (AvgIpc) is 2.46. The fraction of sp³-hybridized carbons (Fsp3) is 0.500. The average molecular weight is 295 g/mol. The summed E-state index contributed by atoms with van der Waals surface area (Å²) in [6.07, 6.45) is 1.66. The van der Waals surface area contributed by atoms with Crippen LogP contribution in [-0.2, 0) is 11.3 Å². The van der Waals surface area contributed by atoms with Crippen molar-refractivity contribution >= 4 is 11.6 Å². The molecule has 0 aromatic heterocycles. The van der Waals surface area contributed by atoms with Crippen molar-refractivity contribution in [2.75, 3.05) is 13.1 Å². The molecule has 0 radical (unpaired) electrons. The van der Waals surface area contributed by atoms with Gasteiger partial charge < -0.3 is 10.2 Å². The van der Waals surface area contributed by atoms with E-state index in [1.165, 1.54) is 12.1 Å². The van der Waals surface area contributed by atoms with Crippen LogP contribution in [0.15, 0.2) is 18.2 Å². The van der Waals surface area contributed by atoms with E-state index in [9.17, 15) is 19.3 Å². The smallest absolute Gasteiger partial charge is 0.272 e. The maximum Gasteiger partial charge on any atom is 0.272 e. The van der Waals surface area contributed by atoms with Crippen LogP contribution in [-0.4, -0.2) is 34.9 Å². The number of hydrogen-bond acceptors (Lipinski definition) is 4. The van der Waals surface area contributed by atoms with Gasteiger partial charge in [0, 0.05) is 44.2 Å². The first-order valence-electron chi connectivity index (χ1n) is 6.89. The van der Waals surface area contributed by atoms with Crippen molar-refractivity contribution in [3.05, 3.63) is 39.7 Å². The van der Waals surface area contributed by atoms with E-state index in [-0.39, 0.29) is 17.6 Å². The van der Waals surface area contributed by atoms with E-state index < -0.39 is 10.7 Å². The second-order valence-electron chi connectivity index (χ2n) is 5.19. The summed E-state index contributed by atoms with van der Waals surface area (Å²) in [6.45, 7) is 3.29. The summed E-state index contributed by atoms with van der Waals surface area (Å²) in [7, 11) is 0. The zero-order chi connectivity index (χ0) is 15.4. The number of rotatable bonds is 4. The summed E-state index contributed by atoms with van der Waals surface area (Å²) in [5.41, 5.74) is 0.167. The molecule has 1 aliphatic heterocycles. The molecule has 1 N–H and O–H groups in total. The predicted molar refractivity (Wildman–Crippen MR) is 75.2 cm³/mol. The number of hydrogen-bond donors (Lipinski definition) is 1. The highest BCUT2D eigenvalue weighted by Crippen LogP contribution is 2.17. The zero-order valence-electron chi connectivity index (χ0n) is 11.8. The Kier molecular flexibility index (Phi) is 4.85. The maximum absolute atomic E-state index is 13.7. The normalized spacial score (nSPS) is 16.0. The van der Waals surface area contributed by atoms with Crippen molar-refractivity contribution in [2.24, 2.45) is 0 Å². The van der Waals surface area contributed by atoms with E-state index in [1.807, 2.05) is 0 Å². The first kappa shape index (κ1) is 15.4. The molecule has 1 aliphatic rings.